The molecular weight excluding hydrogens is 358 g/mol. The maximum atomic E-state index is 13.2. The number of carbonyl (C=O) groups excluding carboxylic acids is 1. The molecule has 3 nitrogen and oxygen atoms in total. The smallest absolute Gasteiger partial charge is 0.163 e. The van der Waals surface area contributed by atoms with Crippen molar-refractivity contribution in [3.05, 3.63) is 35.4 Å². The van der Waals surface area contributed by atoms with Gasteiger partial charge in [-0.15, -0.1) is 0 Å². The number of rotatable bonds is 2. The molecule has 4 aliphatic rings. The highest BCUT2D eigenvalue weighted by molar-refractivity contribution is 6.23. The fraction of sp³-hybridized carbons (Fsp3) is 0.654. The third-order valence-corrected chi connectivity index (χ3v) is 9.09. The van der Waals surface area contributed by atoms with Crippen molar-refractivity contribution in [1.29, 1.82) is 0 Å². The Hall–Kier alpha value is -1.61. The van der Waals surface area contributed by atoms with Gasteiger partial charge in [-0.3, -0.25) is 4.79 Å². The van der Waals surface area contributed by atoms with Crippen LogP contribution >= 0.6 is 0 Å². The van der Waals surface area contributed by atoms with Crippen LogP contribution in [0.15, 0.2) is 29.8 Å². The van der Waals surface area contributed by atoms with Crippen LogP contribution in [0, 0.1) is 29.1 Å². The van der Waals surface area contributed by atoms with E-state index in [0.29, 0.717) is 30.0 Å². The Morgan fingerprint density at radius 3 is 2.59 bits per heavy atom. The first-order valence-electron chi connectivity index (χ1n) is 11.6. The molecule has 0 aliphatic heterocycles. The maximum absolute atomic E-state index is 13.2. The van der Waals surface area contributed by atoms with Crippen molar-refractivity contribution in [1.82, 2.24) is 0 Å². The molecule has 3 saturated carbocycles. The highest BCUT2D eigenvalue weighted by Crippen LogP contribution is 2.62. The molecule has 0 saturated heterocycles. The molecule has 5 rings (SSSR count). The molecule has 1 aromatic rings. The summed E-state index contributed by atoms with van der Waals surface area (Å²) in [5, 5.41) is 10.7. The van der Waals surface area contributed by atoms with Gasteiger partial charge in [0.05, 0.1) is 6.10 Å². The number of fused-ring (bicyclic) bond motifs is 5. The molecule has 4 aliphatic carbocycles. The Labute approximate surface area is 175 Å². The van der Waals surface area contributed by atoms with E-state index in [1.807, 2.05) is 0 Å². The third kappa shape index (κ3) is 2.84. The number of para-hydroxylation sites is 1. The first-order valence-corrected chi connectivity index (χ1v) is 11.6. The molecule has 156 valence electrons. The van der Waals surface area contributed by atoms with E-state index in [9.17, 15) is 9.90 Å². The lowest BCUT2D eigenvalue weighted by Crippen LogP contribution is -2.47. The van der Waals surface area contributed by atoms with Crippen molar-refractivity contribution >= 4 is 17.0 Å². The Bertz CT molecular complexity index is 856. The number of ketones is 1. The zero-order valence-electron chi connectivity index (χ0n) is 18.2. The lowest BCUT2D eigenvalue weighted by molar-refractivity contribution is -0.115. The zero-order chi connectivity index (χ0) is 20.3. The fourth-order valence-corrected chi connectivity index (χ4v) is 7.66. The van der Waals surface area contributed by atoms with Crippen LogP contribution in [0.2, 0.25) is 0 Å². The molecule has 0 aromatic heterocycles. The van der Waals surface area contributed by atoms with Crippen molar-refractivity contribution in [2.75, 3.05) is 19.0 Å². The fourth-order valence-electron chi connectivity index (χ4n) is 7.66. The first kappa shape index (κ1) is 19.4. The number of Topliss-reactive ketones (excluding diaryl/α,β-unsaturated/α-hetero) is 1. The van der Waals surface area contributed by atoms with Crippen molar-refractivity contribution in [3.8, 4) is 0 Å². The molecule has 0 bridgehead atoms. The van der Waals surface area contributed by atoms with Gasteiger partial charge in [0, 0.05) is 37.3 Å². The molecular formula is C26H35NO2. The molecule has 0 heterocycles. The van der Waals surface area contributed by atoms with Crippen molar-refractivity contribution in [2.24, 2.45) is 29.1 Å². The van der Waals surface area contributed by atoms with E-state index >= 15 is 0 Å². The molecule has 0 spiro atoms. The Balaban J connectivity index is 1.55. The molecule has 0 unspecified atom stereocenters. The number of allylic oxidation sites excluding steroid dienone is 1. The van der Waals surface area contributed by atoms with Crippen LogP contribution in [0.3, 0.4) is 0 Å². The Kier molecular flexibility index (Phi) is 4.66. The molecule has 1 aromatic carbocycles. The topological polar surface area (TPSA) is 40.5 Å². The van der Waals surface area contributed by atoms with Crippen LogP contribution in [0.4, 0.5) is 5.69 Å². The second-order valence-electron chi connectivity index (χ2n) is 10.5. The van der Waals surface area contributed by atoms with Crippen molar-refractivity contribution in [2.45, 2.75) is 64.4 Å². The summed E-state index contributed by atoms with van der Waals surface area (Å²) < 4.78 is 0. The highest BCUT2D eigenvalue weighted by Gasteiger charge is 2.56. The predicted molar refractivity (Wildman–Crippen MR) is 118 cm³/mol. The van der Waals surface area contributed by atoms with E-state index in [2.05, 4.69) is 50.2 Å². The molecule has 29 heavy (non-hydrogen) atoms. The van der Waals surface area contributed by atoms with E-state index in [-0.39, 0.29) is 11.5 Å². The second-order valence-corrected chi connectivity index (χ2v) is 10.5. The van der Waals surface area contributed by atoms with Crippen LogP contribution < -0.4 is 4.90 Å². The number of hydrogen-bond donors (Lipinski definition) is 1. The van der Waals surface area contributed by atoms with Gasteiger partial charge >= 0.3 is 0 Å². The van der Waals surface area contributed by atoms with Crippen LogP contribution in [-0.2, 0) is 4.79 Å². The van der Waals surface area contributed by atoms with Crippen LogP contribution in [0.5, 0.6) is 0 Å². The molecule has 0 radical (unpaired) electrons. The summed E-state index contributed by atoms with van der Waals surface area (Å²) in [5.41, 5.74) is 4.93. The van der Waals surface area contributed by atoms with Crippen LogP contribution in [0.25, 0.3) is 5.57 Å². The number of aliphatic hydroxyl groups excluding tert-OH is 1. The zero-order valence-corrected chi connectivity index (χ0v) is 18.2. The highest BCUT2D eigenvalue weighted by atomic mass is 16.3. The second kappa shape index (κ2) is 6.97. The summed E-state index contributed by atoms with van der Waals surface area (Å²) in [5.74, 6) is 3.03. The minimum atomic E-state index is -0.110. The average Bonchev–Trinajstić information content (AvgIpc) is 3.02. The quantitative estimate of drug-likeness (QED) is 0.761. The van der Waals surface area contributed by atoms with E-state index in [4.69, 9.17) is 0 Å². The number of benzene rings is 1. The third-order valence-electron chi connectivity index (χ3n) is 9.09. The number of hydrogen-bond acceptors (Lipinski definition) is 3. The van der Waals surface area contributed by atoms with Gasteiger partial charge in [0.2, 0.25) is 0 Å². The number of nitrogens with zero attached hydrogens (tertiary/aromatic N) is 1. The van der Waals surface area contributed by atoms with Gasteiger partial charge < -0.3 is 10.0 Å². The van der Waals surface area contributed by atoms with Gasteiger partial charge in [-0.2, -0.15) is 0 Å². The molecule has 1 N–H and O–H groups in total. The normalized spacial score (nSPS) is 39.0. The largest absolute Gasteiger partial charge is 0.393 e. The monoisotopic (exact) mass is 393 g/mol. The lowest BCUT2D eigenvalue weighted by Gasteiger charge is -2.53. The SMILES string of the molecule is CN(C)c1ccccc1C1=C2CC[C@@H]3[C@H](CC[C@]4(C)[C@@H](O)CC[C@@H]34)[C@H]2CCC1=O. The molecule has 3 heteroatoms. The summed E-state index contributed by atoms with van der Waals surface area (Å²) in [6.07, 6.45) is 8.44. The first-order chi connectivity index (χ1) is 13.9. The van der Waals surface area contributed by atoms with E-state index in [0.717, 1.165) is 48.4 Å². The summed E-state index contributed by atoms with van der Waals surface area (Å²) in [6, 6.07) is 8.43. The van der Waals surface area contributed by atoms with E-state index in [1.54, 1.807) is 0 Å². The minimum Gasteiger partial charge on any atom is -0.393 e. The Morgan fingerprint density at radius 2 is 1.79 bits per heavy atom. The molecule has 3 fully saturated rings. The number of aliphatic hydroxyl groups is 1. The summed E-state index contributed by atoms with van der Waals surface area (Å²) >= 11 is 0. The van der Waals surface area contributed by atoms with Crippen LogP contribution in [0.1, 0.15) is 63.9 Å². The molecule has 0 amide bonds. The summed E-state index contributed by atoms with van der Waals surface area (Å²) in [7, 11) is 4.14. The molecule has 6 atom stereocenters. The van der Waals surface area contributed by atoms with Gasteiger partial charge in [0.1, 0.15) is 0 Å². The standard InChI is InChI=1S/C26H35NO2/c1-26-15-14-17-16-10-12-23(28)25(20-6-4-5-7-22(20)27(2)3)19(16)9-8-18(17)21(26)11-13-24(26)29/h4-7,16-18,21,24,29H,8-15H2,1-3H3/t16-,17-,18-,21+,24+,26+/m1/s1. The van der Waals surface area contributed by atoms with Gasteiger partial charge in [-0.05, 0) is 80.1 Å². The van der Waals surface area contributed by atoms with Crippen LogP contribution in [-0.4, -0.2) is 31.1 Å². The lowest BCUT2D eigenvalue weighted by atomic mass is 9.51. The van der Waals surface area contributed by atoms with Crippen molar-refractivity contribution in [3.63, 3.8) is 0 Å². The summed E-state index contributed by atoms with van der Waals surface area (Å²) in [6.45, 7) is 2.35. The number of anilines is 1. The van der Waals surface area contributed by atoms with Gasteiger partial charge in [0.15, 0.2) is 5.78 Å². The van der Waals surface area contributed by atoms with Gasteiger partial charge in [-0.25, -0.2) is 0 Å². The minimum absolute atomic E-state index is 0.110. The van der Waals surface area contributed by atoms with E-state index in [1.165, 1.54) is 24.8 Å². The maximum Gasteiger partial charge on any atom is 0.163 e. The average molecular weight is 394 g/mol. The van der Waals surface area contributed by atoms with Gasteiger partial charge in [0.25, 0.3) is 0 Å². The van der Waals surface area contributed by atoms with E-state index < -0.39 is 0 Å². The Morgan fingerprint density at radius 1 is 1.00 bits per heavy atom. The predicted octanol–water partition coefficient (Wildman–Crippen LogP) is 5.08. The number of carbonyl (C=O) groups is 1. The van der Waals surface area contributed by atoms with Crippen molar-refractivity contribution < 1.29 is 9.90 Å². The summed E-state index contributed by atoms with van der Waals surface area (Å²) in [4.78, 5) is 15.3. The van der Waals surface area contributed by atoms with Gasteiger partial charge in [-0.1, -0.05) is 30.7 Å².